The lowest BCUT2D eigenvalue weighted by atomic mass is 9.85. The van der Waals surface area contributed by atoms with E-state index in [4.69, 9.17) is 4.74 Å². The molecule has 0 aromatic heterocycles. The molecule has 0 radical (unpaired) electrons. The molecule has 1 aliphatic carbocycles. The van der Waals surface area contributed by atoms with Crippen molar-refractivity contribution in [3.8, 4) is 0 Å². The molecule has 3 rings (SSSR count). The number of rotatable bonds is 2. The van der Waals surface area contributed by atoms with Gasteiger partial charge < -0.3 is 4.74 Å². The normalized spacial score (nSPS) is 30.6. The maximum absolute atomic E-state index is 10.8. The Morgan fingerprint density at radius 1 is 1.32 bits per heavy atom. The molecule has 1 saturated heterocycles. The highest BCUT2D eigenvalue weighted by Gasteiger charge is 2.33. The second kappa shape index (κ2) is 5.27. The van der Waals surface area contributed by atoms with E-state index in [1.54, 1.807) is 12.1 Å². The first kappa shape index (κ1) is 12.6. The van der Waals surface area contributed by atoms with E-state index in [1.807, 2.05) is 6.07 Å². The molecule has 1 aromatic carbocycles. The molecule has 19 heavy (non-hydrogen) atoms. The fourth-order valence-electron chi connectivity index (χ4n) is 3.07. The molecule has 1 N–H and O–H groups in total. The summed E-state index contributed by atoms with van der Waals surface area (Å²) in [7, 11) is 0. The molecule has 3 atom stereocenters. The van der Waals surface area contributed by atoms with Crippen molar-refractivity contribution in [2.45, 2.75) is 38.0 Å². The second-order valence-electron chi connectivity index (χ2n) is 5.36. The predicted octanol–water partition coefficient (Wildman–Crippen LogP) is 2.77. The lowest BCUT2D eigenvalue weighted by Crippen LogP contribution is -2.45. The zero-order chi connectivity index (χ0) is 13.2. The van der Waals surface area contributed by atoms with E-state index in [0.29, 0.717) is 12.0 Å². The van der Waals surface area contributed by atoms with E-state index in [1.165, 1.54) is 25.3 Å². The number of benzene rings is 1. The summed E-state index contributed by atoms with van der Waals surface area (Å²) < 4.78 is 6.08. The second-order valence-corrected chi connectivity index (χ2v) is 5.36. The number of fused-ring (bicyclic) bond motifs is 1. The van der Waals surface area contributed by atoms with Crippen LogP contribution in [0.5, 0.6) is 0 Å². The van der Waals surface area contributed by atoms with Crippen LogP contribution in [0, 0.1) is 16.0 Å². The monoisotopic (exact) mass is 262 g/mol. The smallest absolute Gasteiger partial charge is 0.269 e. The van der Waals surface area contributed by atoms with Crippen LogP contribution < -0.4 is 5.32 Å². The highest BCUT2D eigenvalue weighted by Crippen LogP contribution is 2.34. The SMILES string of the molecule is O=[N+]([O-])c1cccc(C2NCC3CCCCC3O2)c1. The number of nitrogens with one attached hydrogen (secondary N) is 1. The number of ether oxygens (including phenoxy) is 1. The molecule has 1 aromatic rings. The highest BCUT2D eigenvalue weighted by atomic mass is 16.6. The first-order valence-electron chi connectivity index (χ1n) is 6.87. The fraction of sp³-hybridized carbons (Fsp3) is 0.571. The molecule has 1 saturated carbocycles. The zero-order valence-electron chi connectivity index (χ0n) is 10.7. The Bertz CT molecular complexity index is 478. The quantitative estimate of drug-likeness (QED) is 0.657. The molecule has 5 heteroatoms. The van der Waals surface area contributed by atoms with Crippen molar-refractivity contribution in [3.63, 3.8) is 0 Å². The van der Waals surface area contributed by atoms with Gasteiger partial charge in [-0.15, -0.1) is 0 Å². The van der Waals surface area contributed by atoms with Gasteiger partial charge in [-0.25, -0.2) is 0 Å². The van der Waals surface area contributed by atoms with Gasteiger partial charge >= 0.3 is 0 Å². The molecule has 0 bridgehead atoms. The molecule has 0 spiro atoms. The van der Waals surface area contributed by atoms with Crippen LogP contribution in [-0.4, -0.2) is 17.6 Å². The third kappa shape index (κ3) is 2.62. The van der Waals surface area contributed by atoms with Crippen molar-refractivity contribution in [3.05, 3.63) is 39.9 Å². The maximum atomic E-state index is 10.8. The van der Waals surface area contributed by atoms with E-state index in [0.717, 1.165) is 18.5 Å². The minimum absolute atomic E-state index is 0.119. The van der Waals surface area contributed by atoms with Crippen LogP contribution >= 0.6 is 0 Å². The van der Waals surface area contributed by atoms with Crippen LogP contribution in [0.2, 0.25) is 0 Å². The zero-order valence-corrected chi connectivity index (χ0v) is 10.7. The molecule has 3 unspecified atom stereocenters. The standard InChI is InChI=1S/C14H18N2O3/c17-16(18)12-6-3-5-10(8-12)14-15-9-11-4-1-2-7-13(11)19-14/h3,5-6,8,11,13-15H,1-2,4,7,9H2. The van der Waals surface area contributed by atoms with E-state index >= 15 is 0 Å². The van der Waals surface area contributed by atoms with E-state index < -0.39 is 0 Å². The summed E-state index contributed by atoms with van der Waals surface area (Å²) in [6.45, 7) is 0.942. The summed E-state index contributed by atoms with van der Waals surface area (Å²) >= 11 is 0. The highest BCUT2D eigenvalue weighted by molar-refractivity contribution is 5.35. The Kier molecular flexibility index (Phi) is 3.48. The van der Waals surface area contributed by atoms with Gasteiger partial charge in [-0.1, -0.05) is 25.0 Å². The number of non-ortho nitro benzene ring substituents is 1. The molecule has 1 heterocycles. The van der Waals surface area contributed by atoms with Gasteiger partial charge in [-0.05, 0) is 18.8 Å². The van der Waals surface area contributed by atoms with E-state index in [9.17, 15) is 10.1 Å². The number of hydrogen-bond donors (Lipinski definition) is 1. The summed E-state index contributed by atoms with van der Waals surface area (Å²) in [4.78, 5) is 10.4. The van der Waals surface area contributed by atoms with Crippen LogP contribution in [0.4, 0.5) is 5.69 Å². The van der Waals surface area contributed by atoms with Crippen LogP contribution in [0.3, 0.4) is 0 Å². The number of nitrogens with zero attached hydrogens (tertiary/aromatic N) is 1. The predicted molar refractivity (Wildman–Crippen MR) is 70.7 cm³/mol. The van der Waals surface area contributed by atoms with Gasteiger partial charge in [0.15, 0.2) is 0 Å². The Hall–Kier alpha value is -1.46. The van der Waals surface area contributed by atoms with Crippen molar-refractivity contribution in [2.75, 3.05) is 6.54 Å². The molecule has 0 amide bonds. The molecular weight excluding hydrogens is 244 g/mol. The number of nitro groups is 1. The Balaban J connectivity index is 1.75. The number of hydrogen-bond acceptors (Lipinski definition) is 4. The van der Waals surface area contributed by atoms with Gasteiger partial charge in [0.25, 0.3) is 5.69 Å². The Morgan fingerprint density at radius 2 is 2.16 bits per heavy atom. The minimum atomic E-state index is -0.365. The minimum Gasteiger partial charge on any atom is -0.356 e. The van der Waals surface area contributed by atoms with Gasteiger partial charge in [0, 0.05) is 24.2 Å². The molecule has 5 nitrogen and oxygen atoms in total. The molecule has 102 valence electrons. The molecule has 2 fully saturated rings. The lowest BCUT2D eigenvalue weighted by Gasteiger charge is -2.40. The van der Waals surface area contributed by atoms with Crippen LogP contribution in [0.15, 0.2) is 24.3 Å². The van der Waals surface area contributed by atoms with Gasteiger partial charge in [0.2, 0.25) is 0 Å². The van der Waals surface area contributed by atoms with Gasteiger partial charge in [0.1, 0.15) is 6.23 Å². The molecular formula is C14H18N2O3. The summed E-state index contributed by atoms with van der Waals surface area (Å²) in [6, 6.07) is 6.70. The van der Waals surface area contributed by atoms with Gasteiger partial charge in [-0.2, -0.15) is 0 Å². The maximum Gasteiger partial charge on any atom is 0.269 e. The first-order chi connectivity index (χ1) is 9.24. The third-order valence-corrected chi connectivity index (χ3v) is 4.10. The van der Waals surface area contributed by atoms with Crippen molar-refractivity contribution >= 4 is 5.69 Å². The van der Waals surface area contributed by atoms with Gasteiger partial charge in [0.05, 0.1) is 11.0 Å². The summed E-state index contributed by atoms with van der Waals surface area (Å²) in [5.74, 6) is 0.601. The molecule has 2 aliphatic rings. The summed E-state index contributed by atoms with van der Waals surface area (Å²) in [6.07, 6.45) is 4.94. The van der Waals surface area contributed by atoms with Gasteiger partial charge in [-0.3, -0.25) is 15.4 Å². The number of nitro benzene ring substituents is 1. The molecule has 1 aliphatic heterocycles. The summed E-state index contributed by atoms with van der Waals surface area (Å²) in [5.41, 5.74) is 0.965. The van der Waals surface area contributed by atoms with Crippen molar-refractivity contribution < 1.29 is 9.66 Å². The average molecular weight is 262 g/mol. The Morgan fingerprint density at radius 3 is 3.00 bits per heavy atom. The first-order valence-corrected chi connectivity index (χ1v) is 6.87. The van der Waals surface area contributed by atoms with Crippen molar-refractivity contribution in [1.29, 1.82) is 0 Å². The van der Waals surface area contributed by atoms with Crippen LogP contribution in [-0.2, 0) is 4.74 Å². The van der Waals surface area contributed by atoms with Crippen LogP contribution in [0.1, 0.15) is 37.5 Å². The topological polar surface area (TPSA) is 64.4 Å². The largest absolute Gasteiger partial charge is 0.356 e. The van der Waals surface area contributed by atoms with Crippen LogP contribution in [0.25, 0.3) is 0 Å². The summed E-state index contributed by atoms with van der Waals surface area (Å²) in [5, 5.41) is 14.2. The Labute approximate surface area is 112 Å². The fourth-order valence-corrected chi connectivity index (χ4v) is 3.07. The average Bonchev–Trinajstić information content (AvgIpc) is 2.47. The van der Waals surface area contributed by atoms with E-state index in [-0.39, 0.29) is 16.8 Å². The third-order valence-electron chi connectivity index (χ3n) is 4.10. The lowest BCUT2D eigenvalue weighted by molar-refractivity contribution is -0.385. The van der Waals surface area contributed by atoms with Crippen molar-refractivity contribution in [2.24, 2.45) is 5.92 Å². The van der Waals surface area contributed by atoms with E-state index in [2.05, 4.69) is 5.32 Å². The van der Waals surface area contributed by atoms with Crippen molar-refractivity contribution in [1.82, 2.24) is 5.32 Å².